The van der Waals surface area contributed by atoms with Crippen LogP contribution >= 0.6 is 27.7 Å². The Bertz CT molecular complexity index is 1340. The van der Waals surface area contributed by atoms with E-state index in [1.807, 2.05) is 30.0 Å². The molecule has 0 N–H and O–H groups in total. The number of nitro benzene ring substituents is 1. The summed E-state index contributed by atoms with van der Waals surface area (Å²) in [6, 6.07) is 10.7. The van der Waals surface area contributed by atoms with E-state index in [0.29, 0.717) is 39.1 Å². The second-order valence-corrected chi connectivity index (χ2v) is 12.6. The smallest absolute Gasteiger partial charge is 0.269 e. The number of nitro groups is 1. The van der Waals surface area contributed by atoms with Crippen molar-refractivity contribution < 1.29 is 19.2 Å². The first-order valence-electron chi connectivity index (χ1n) is 14.6. The van der Waals surface area contributed by atoms with E-state index in [2.05, 4.69) is 15.9 Å². The van der Waals surface area contributed by atoms with E-state index >= 15 is 0 Å². The Kier molecular flexibility index (Phi) is 10.0. The van der Waals surface area contributed by atoms with Crippen molar-refractivity contribution in [3.63, 3.8) is 0 Å². The first-order chi connectivity index (χ1) is 19.9. The van der Waals surface area contributed by atoms with Gasteiger partial charge >= 0.3 is 0 Å². The van der Waals surface area contributed by atoms with Crippen LogP contribution in [-0.4, -0.2) is 39.6 Å². The SMILES string of the molecule is CCOc1cc(C=C2SC(=NC3CCCCC3)N(C3CCCCC3)C2=O)cc(Br)c1OCc1cccc([N+](=O)[O-])c1. The van der Waals surface area contributed by atoms with E-state index < -0.39 is 4.92 Å². The first kappa shape index (κ1) is 29.6. The Morgan fingerprint density at radius 2 is 1.80 bits per heavy atom. The van der Waals surface area contributed by atoms with Crippen LogP contribution in [-0.2, 0) is 11.4 Å². The Hall–Kier alpha value is -2.85. The lowest BCUT2D eigenvalue weighted by atomic mass is 9.94. The quantitative estimate of drug-likeness (QED) is 0.155. The zero-order valence-corrected chi connectivity index (χ0v) is 25.8. The van der Waals surface area contributed by atoms with Gasteiger partial charge in [0, 0.05) is 18.2 Å². The molecule has 0 unspecified atom stereocenters. The van der Waals surface area contributed by atoms with Crippen molar-refractivity contribution in [2.75, 3.05) is 6.61 Å². The molecule has 1 saturated heterocycles. The number of halogens is 1. The number of ether oxygens (including phenoxy) is 2. The average molecular weight is 643 g/mol. The summed E-state index contributed by atoms with van der Waals surface area (Å²) in [4.78, 5) is 32.3. The number of carbonyl (C=O) groups excluding carboxylic acids is 1. The van der Waals surface area contributed by atoms with Crippen LogP contribution in [0.1, 0.15) is 82.3 Å². The number of nitrogens with zero attached hydrogens (tertiary/aromatic N) is 3. The maximum Gasteiger partial charge on any atom is 0.269 e. The molecule has 2 aromatic rings. The summed E-state index contributed by atoms with van der Waals surface area (Å²) in [5, 5.41) is 12.0. The summed E-state index contributed by atoms with van der Waals surface area (Å²) in [6.07, 6.45) is 13.4. The van der Waals surface area contributed by atoms with Crippen molar-refractivity contribution in [1.82, 2.24) is 4.90 Å². The van der Waals surface area contributed by atoms with Crippen LogP contribution in [0.4, 0.5) is 5.69 Å². The maximum atomic E-state index is 13.8. The number of hydrogen-bond acceptors (Lipinski definition) is 7. The average Bonchev–Trinajstić information content (AvgIpc) is 3.27. The number of non-ortho nitro benzene ring substituents is 1. The number of amidine groups is 1. The predicted octanol–water partition coefficient (Wildman–Crippen LogP) is 8.27. The summed E-state index contributed by atoms with van der Waals surface area (Å²) in [5.41, 5.74) is 1.52. The van der Waals surface area contributed by atoms with Gasteiger partial charge in [-0.1, -0.05) is 50.7 Å². The molecular weight excluding hydrogens is 606 g/mol. The Morgan fingerprint density at radius 3 is 2.51 bits per heavy atom. The van der Waals surface area contributed by atoms with Crippen LogP contribution in [0.5, 0.6) is 11.5 Å². The van der Waals surface area contributed by atoms with Crippen LogP contribution in [0, 0.1) is 10.1 Å². The topological polar surface area (TPSA) is 94.3 Å². The fraction of sp³-hybridized carbons (Fsp3) is 0.484. The van der Waals surface area contributed by atoms with Gasteiger partial charge in [0.25, 0.3) is 11.6 Å². The van der Waals surface area contributed by atoms with Gasteiger partial charge in [0.1, 0.15) is 6.61 Å². The van der Waals surface area contributed by atoms with Crippen LogP contribution in [0.25, 0.3) is 6.08 Å². The second kappa shape index (κ2) is 13.9. The maximum absolute atomic E-state index is 13.8. The molecule has 8 nitrogen and oxygen atoms in total. The fourth-order valence-electron chi connectivity index (χ4n) is 5.75. The summed E-state index contributed by atoms with van der Waals surface area (Å²) in [7, 11) is 0. The van der Waals surface area contributed by atoms with E-state index in [9.17, 15) is 14.9 Å². The number of amides is 1. The molecule has 2 aromatic carbocycles. The summed E-state index contributed by atoms with van der Waals surface area (Å²) >= 11 is 5.12. The number of thioether (sulfide) groups is 1. The fourth-order valence-corrected chi connectivity index (χ4v) is 7.43. The van der Waals surface area contributed by atoms with Crippen molar-refractivity contribution in [2.24, 2.45) is 4.99 Å². The van der Waals surface area contributed by atoms with Gasteiger partial charge in [-0.25, -0.2) is 0 Å². The molecule has 10 heteroatoms. The Labute approximate surface area is 253 Å². The van der Waals surface area contributed by atoms with Crippen LogP contribution in [0.15, 0.2) is 50.8 Å². The van der Waals surface area contributed by atoms with Gasteiger partial charge in [0.05, 0.1) is 26.9 Å². The molecule has 218 valence electrons. The van der Waals surface area contributed by atoms with Crippen molar-refractivity contribution in [3.05, 3.63) is 67.0 Å². The molecule has 1 heterocycles. The third kappa shape index (κ3) is 7.33. The monoisotopic (exact) mass is 641 g/mol. The molecule has 0 radical (unpaired) electrons. The van der Waals surface area contributed by atoms with Gasteiger partial charge in [0.2, 0.25) is 0 Å². The molecule has 3 aliphatic rings. The molecule has 2 saturated carbocycles. The van der Waals surface area contributed by atoms with Crippen LogP contribution in [0.3, 0.4) is 0 Å². The molecule has 1 amide bonds. The number of benzene rings is 2. The standard InChI is InChI=1S/C31H36BrN3O5S/c1-2-39-27-18-22(17-26(32)29(27)40-20-21-10-9-15-25(16-21)35(37)38)19-28-30(36)34(24-13-7-4-8-14-24)31(41-28)33-23-11-5-3-6-12-23/h9-10,15-19,23-24H,2-8,11-14,20H2,1H3. The van der Waals surface area contributed by atoms with Crippen molar-refractivity contribution in [3.8, 4) is 11.5 Å². The first-order valence-corrected chi connectivity index (χ1v) is 16.2. The minimum Gasteiger partial charge on any atom is -0.490 e. The van der Waals surface area contributed by atoms with Crippen molar-refractivity contribution in [2.45, 2.75) is 89.8 Å². The highest BCUT2D eigenvalue weighted by Crippen LogP contribution is 2.41. The summed E-state index contributed by atoms with van der Waals surface area (Å²) in [5.74, 6) is 1.08. The molecule has 0 atom stereocenters. The summed E-state index contributed by atoms with van der Waals surface area (Å²) in [6.45, 7) is 2.48. The van der Waals surface area contributed by atoms with Gasteiger partial charge in [-0.05, 0) is 89.6 Å². The lowest BCUT2D eigenvalue weighted by molar-refractivity contribution is -0.384. The van der Waals surface area contributed by atoms with Gasteiger partial charge < -0.3 is 9.47 Å². The van der Waals surface area contributed by atoms with Gasteiger partial charge in [-0.2, -0.15) is 0 Å². The highest BCUT2D eigenvalue weighted by atomic mass is 79.9. The largest absolute Gasteiger partial charge is 0.490 e. The highest BCUT2D eigenvalue weighted by molar-refractivity contribution is 9.10. The predicted molar refractivity (Wildman–Crippen MR) is 166 cm³/mol. The zero-order chi connectivity index (χ0) is 28.8. The second-order valence-electron chi connectivity index (χ2n) is 10.8. The van der Waals surface area contributed by atoms with Crippen LogP contribution < -0.4 is 9.47 Å². The molecule has 1 aliphatic heterocycles. The summed E-state index contributed by atoms with van der Waals surface area (Å²) < 4.78 is 12.7. The van der Waals surface area contributed by atoms with Gasteiger partial charge in [0.15, 0.2) is 16.7 Å². The lowest BCUT2D eigenvalue weighted by Crippen LogP contribution is -2.41. The number of aliphatic imine (C=N–C) groups is 1. The van der Waals surface area contributed by atoms with E-state index in [-0.39, 0.29) is 24.2 Å². The van der Waals surface area contributed by atoms with E-state index in [1.54, 1.807) is 12.1 Å². The highest BCUT2D eigenvalue weighted by Gasteiger charge is 2.39. The van der Waals surface area contributed by atoms with E-state index in [0.717, 1.165) is 49.3 Å². The Balaban J connectivity index is 1.40. The van der Waals surface area contributed by atoms with Crippen molar-refractivity contribution in [1.29, 1.82) is 0 Å². The third-order valence-corrected chi connectivity index (χ3v) is 9.36. The molecule has 3 fully saturated rings. The molecule has 0 aromatic heterocycles. The van der Waals surface area contributed by atoms with Gasteiger partial charge in [-0.3, -0.25) is 24.8 Å². The lowest BCUT2D eigenvalue weighted by Gasteiger charge is -2.31. The minimum absolute atomic E-state index is 0.0181. The zero-order valence-electron chi connectivity index (χ0n) is 23.4. The third-order valence-electron chi connectivity index (χ3n) is 7.78. The molecule has 41 heavy (non-hydrogen) atoms. The van der Waals surface area contributed by atoms with E-state index in [1.165, 1.54) is 49.6 Å². The molecular formula is C31H36BrN3O5S. The van der Waals surface area contributed by atoms with Gasteiger partial charge in [-0.15, -0.1) is 0 Å². The number of carbonyl (C=O) groups is 1. The van der Waals surface area contributed by atoms with Crippen molar-refractivity contribution >= 4 is 50.5 Å². The van der Waals surface area contributed by atoms with Crippen LogP contribution in [0.2, 0.25) is 0 Å². The molecule has 5 rings (SSSR count). The molecule has 0 spiro atoms. The number of rotatable bonds is 9. The Morgan fingerprint density at radius 1 is 1.07 bits per heavy atom. The minimum atomic E-state index is -0.420. The molecule has 2 aliphatic carbocycles. The molecule has 0 bridgehead atoms. The number of hydrogen-bond donors (Lipinski definition) is 0. The van der Waals surface area contributed by atoms with E-state index in [4.69, 9.17) is 14.5 Å². The normalized spacial score (nSPS) is 20.6.